The molecule has 0 saturated carbocycles. The van der Waals surface area contributed by atoms with Gasteiger partial charge in [0.1, 0.15) is 5.54 Å². The molecule has 0 aliphatic carbocycles. The van der Waals surface area contributed by atoms with Crippen LogP contribution in [0.5, 0.6) is 0 Å². The Morgan fingerprint density at radius 3 is 2.78 bits per heavy atom. The summed E-state index contributed by atoms with van der Waals surface area (Å²) in [5.41, 5.74) is 4.44. The molecule has 0 aromatic heterocycles. The Balaban J connectivity index is 2.67. The maximum atomic E-state index is 10.7. The number of nitrogens with one attached hydrogen (secondary N) is 1. The molecule has 4 N–H and O–H groups in total. The van der Waals surface area contributed by atoms with Crippen LogP contribution in [0.1, 0.15) is 6.42 Å². The van der Waals surface area contributed by atoms with Crippen molar-refractivity contribution >= 4 is 5.91 Å². The molecule has 1 fully saturated rings. The number of hydrogen-bond acceptors (Lipinski definition) is 3. The minimum absolute atomic E-state index is 0.245. The maximum absolute atomic E-state index is 10.7. The third-order valence-electron chi connectivity index (χ3n) is 1.59. The summed E-state index contributed by atoms with van der Waals surface area (Å²) in [7, 11) is 0. The number of carbonyl (C=O) groups is 1. The van der Waals surface area contributed by atoms with E-state index in [1.54, 1.807) is 0 Å². The highest BCUT2D eigenvalue weighted by Gasteiger charge is 2.37. The molecule has 1 aliphatic rings. The lowest BCUT2D eigenvalue weighted by Crippen LogP contribution is -2.50. The molecule has 1 aliphatic heterocycles. The van der Waals surface area contributed by atoms with Gasteiger partial charge in [0.25, 0.3) is 0 Å². The zero-order valence-electron chi connectivity index (χ0n) is 5.05. The molecule has 1 saturated heterocycles. The van der Waals surface area contributed by atoms with E-state index in [0.717, 1.165) is 0 Å². The molecule has 0 radical (unpaired) electrons. The van der Waals surface area contributed by atoms with Crippen molar-refractivity contribution in [3.63, 3.8) is 0 Å². The first-order chi connectivity index (χ1) is 4.19. The van der Waals surface area contributed by atoms with Gasteiger partial charge in [-0.05, 0) is 6.42 Å². The second kappa shape index (κ2) is 1.97. The van der Waals surface area contributed by atoms with Gasteiger partial charge >= 0.3 is 0 Å². The van der Waals surface area contributed by atoms with Crippen molar-refractivity contribution in [1.82, 2.24) is 5.32 Å². The van der Waals surface area contributed by atoms with E-state index < -0.39 is 5.54 Å². The first kappa shape index (κ1) is 6.51. The fourth-order valence-corrected chi connectivity index (χ4v) is 0.840. The highest BCUT2D eigenvalue weighted by molar-refractivity contribution is 5.88. The van der Waals surface area contributed by atoms with Crippen LogP contribution in [-0.2, 0) is 4.79 Å². The quantitative estimate of drug-likeness (QED) is 0.392. The van der Waals surface area contributed by atoms with Crippen molar-refractivity contribution in [2.45, 2.75) is 12.0 Å². The Kier molecular flexibility index (Phi) is 1.42. The summed E-state index contributed by atoms with van der Waals surface area (Å²) in [6.07, 6.45) is 0.530. The molecular weight excluding hydrogens is 120 g/mol. The predicted molar refractivity (Wildman–Crippen MR) is 31.6 cm³/mol. The summed E-state index contributed by atoms with van der Waals surface area (Å²) in [4.78, 5) is 10.7. The van der Waals surface area contributed by atoms with E-state index >= 15 is 0 Å². The van der Waals surface area contributed by atoms with Gasteiger partial charge < -0.3 is 16.2 Å². The van der Waals surface area contributed by atoms with Crippen LogP contribution in [0.25, 0.3) is 0 Å². The van der Waals surface area contributed by atoms with Crippen LogP contribution in [0.2, 0.25) is 0 Å². The molecule has 4 nitrogen and oxygen atoms in total. The predicted octanol–water partition coefficient (Wildman–Crippen LogP) is -1.80. The van der Waals surface area contributed by atoms with Crippen molar-refractivity contribution in [1.29, 1.82) is 0 Å². The Bertz CT molecular complexity index is 137. The van der Waals surface area contributed by atoms with E-state index in [1.807, 2.05) is 0 Å². The van der Waals surface area contributed by atoms with Gasteiger partial charge in [0.05, 0.1) is 6.61 Å². The average Bonchev–Trinajstić information content (AvgIpc) is 2.15. The lowest BCUT2D eigenvalue weighted by Gasteiger charge is -2.15. The monoisotopic (exact) mass is 130 g/mol. The largest absolute Gasteiger partial charge is 0.394 e. The van der Waals surface area contributed by atoms with Gasteiger partial charge in [-0.25, -0.2) is 0 Å². The van der Waals surface area contributed by atoms with E-state index in [9.17, 15) is 4.79 Å². The molecule has 0 aromatic rings. The number of aliphatic hydroxyl groups is 1. The first-order valence-electron chi connectivity index (χ1n) is 2.87. The van der Waals surface area contributed by atoms with Crippen LogP contribution in [0.3, 0.4) is 0 Å². The normalized spacial score (nSPS) is 34.7. The zero-order valence-corrected chi connectivity index (χ0v) is 5.05. The van der Waals surface area contributed by atoms with E-state index in [0.29, 0.717) is 13.0 Å². The number of carbonyl (C=O) groups excluding carboxylic acids is 1. The topological polar surface area (TPSA) is 75.3 Å². The number of rotatable bonds is 1. The van der Waals surface area contributed by atoms with Gasteiger partial charge in [-0.3, -0.25) is 4.79 Å². The van der Waals surface area contributed by atoms with Gasteiger partial charge in [-0.15, -0.1) is 0 Å². The van der Waals surface area contributed by atoms with Crippen LogP contribution in [-0.4, -0.2) is 29.7 Å². The molecule has 1 amide bonds. The number of nitrogens with two attached hydrogens (primary N) is 1. The SMILES string of the molecule is NC1(CO)CCNC1=O. The summed E-state index contributed by atoms with van der Waals surface area (Å²) in [6.45, 7) is 0.314. The molecular formula is C5H10N2O2. The summed E-state index contributed by atoms with van der Waals surface area (Å²) in [6, 6.07) is 0. The van der Waals surface area contributed by atoms with Crippen molar-refractivity contribution in [3.8, 4) is 0 Å². The fraction of sp³-hybridized carbons (Fsp3) is 0.800. The lowest BCUT2D eigenvalue weighted by atomic mass is 10.0. The summed E-state index contributed by atoms with van der Waals surface area (Å²) in [5.74, 6) is -0.245. The highest BCUT2D eigenvalue weighted by Crippen LogP contribution is 2.10. The summed E-state index contributed by atoms with van der Waals surface area (Å²) < 4.78 is 0. The van der Waals surface area contributed by atoms with Crippen LogP contribution in [0.4, 0.5) is 0 Å². The van der Waals surface area contributed by atoms with Gasteiger partial charge in [0.2, 0.25) is 5.91 Å². The molecule has 52 valence electrons. The van der Waals surface area contributed by atoms with Crippen LogP contribution in [0.15, 0.2) is 0 Å². The van der Waals surface area contributed by atoms with Gasteiger partial charge in [-0.2, -0.15) is 0 Å². The number of aliphatic hydroxyl groups excluding tert-OH is 1. The zero-order chi connectivity index (χ0) is 6.91. The van der Waals surface area contributed by atoms with Gasteiger partial charge in [0, 0.05) is 6.54 Å². The highest BCUT2D eigenvalue weighted by atomic mass is 16.3. The van der Waals surface area contributed by atoms with Crippen molar-refractivity contribution in [3.05, 3.63) is 0 Å². The summed E-state index contributed by atoms with van der Waals surface area (Å²) >= 11 is 0. The molecule has 0 spiro atoms. The standard InChI is InChI=1S/C5H10N2O2/c6-5(3-8)1-2-7-4(5)9/h8H,1-3,6H2,(H,7,9). The van der Waals surface area contributed by atoms with Gasteiger partial charge in [0.15, 0.2) is 0 Å². The van der Waals surface area contributed by atoms with Crippen LogP contribution < -0.4 is 11.1 Å². The van der Waals surface area contributed by atoms with Crippen molar-refractivity contribution < 1.29 is 9.90 Å². The Labute approximate surface area is 53.0 Å². The minimum Gasteiger partial charge on any atom is -0.394 e. The third-order valence-corrected chi connectivity index (χ3v) is 1.59. The molecule has 4 heteroatoms. The second-order valence-corrected chi connectivity index (χ2v) is 2.32. The van der Waals surface area contributed by atoms with Gasteiger partial charge in [-0.1, -0.05) is 0 Å². The fourth-order valence-electron chi connectivity index (χ4n) is 0.840. The molecule has 9 heavy (non-hydrogen) atoms. The Morgan fingerprint density at radius 1 is 1.89 bits per heavy atom. The van der Waals surface area contributed by atoms with Crippen LogP contribution in [0, 0.1) is 0 Å². The first-order valence-corrected chi connectivity index (χ1v) is 2.87. The van der Waals surface area contributed by atoms with Crippen LogP contribution >= 0.6 is 0 Å². The maximum Gasteiger partial charge on any atom is 0.242 e. The van der Waals surface area contributed by atoms with Crippen molar-refractivity contribution in [2.75, 3.05) is 13.2 Å². The lowest BCUT2D eigenvalue weighted by molar-refractivity contribution is -0.124. The molecule has 0 aromatic carbocycles. The number of amides is 1. The van der Waals surface area contributed by atoms with E-state index in [4.69, 9.17) is 10.8 Å². The molecule has 1 unspecified atom stereocenters. The second-order valence-electron chi connectivity index (χ2n) is 2.32. The van der Waals surface area contributed by atoms with E-state index in [1.165, 1.54) is 0 Å². The molecule has 1 heterocycles. The molecule has 1 atom stereocenters. The third kappa shape index (κ3) is 0.906. The Hall–Kier alpha value is -0.610. The average molecular weight is 130 g/mol. The number of hydrogen-bond donors (Lipinski definition) is 3. The summed E-state index contributed by atoms with van der Waals surface area (Å²) in [5, 5.41) is 11.1. The Morgan fingerprint density at radius 2 is 2.56 bits per heavy atom. The smallest absolute Gasteiger partial charge is 0.242 e. The van der Waals surface area contributed by atoms with E-state index in [-0.39, 0.29) is 12.5 Å². The van der Waals surface area contributed by atoms with E-state index in [2.05, 4.69) is 5.32 Å². The molecule has 1 rings (SSSR count). The van der Waals surface area contributed by atoms with Crippen molar-refractivity contribution in [2.24, 2.45) is 5.73 Å². The minimum atomic E-state index is -1.00. The molecule has 0 bridgehead atoms.